The van der Waals surface area contributed by atoms with Crippen molar-refractivity contribution >= 4 is 41.1 Å². The maximum Gasteiger partial charge on any atom is 0.490 e. The number of carboxylic acids is 1. The Bertz CT molecular complexity index is 343. The van der Waals surface area contributed by atoms with Crippen molar-refractivity contribution < 1.29 is 19.9 Å². The van der Waals surface area contributed by atoms with E-state index < -0.39 is 13.1 Å². The number of rotatable bonds is 2. The van der Waals surface area contributed by atoms with E-state index in [1.54, 1.807) is 22.6 Å². The molecule has 0 saturated carbocycles. The maximum absolute atomic E-state index is 10.5. The van der Waals surface area contributed by atoms with Crippen molar-refractivity contribution in [1.29, 1.82) is 0 Å². The Labute approximate surface area is 87.7 Å². The molecule has 0 aliphatic rings. The van der Waals surface area contributed by atoms with Crippen molar-refractivity contribution in [3.05, 3.63) is 21.5 Å². The molecule has 3 N–H and O–H groups in total. The third kappa shape index (κ3) is 2.39. The molecule has 1 aromatic heterocycles. The van der Waals surface area contributed by atoms with Gasteiger partial charge in [-0.05, 0) is 28.7 Å². The first-order valence-corrected chi connectivity index (χ1v) is 4.35. The lowest BCUT2D eigenvalue weighted by Gasteiger charge is -2.01. The van der Waals surface area contributed by atoms with Gasteiger partial charge in [0.25, 0.3) is 0 Å². The second-order valence-corrected chi connectivity index (χ2v) is 3.44. The normalized spacial score (nSPS) is 9.77. The first kappa shape index (κ1) is 10.4. The highest BCUT2D eigenvalue weighted by Gasteiger charge is 2.16. The molecule has 0 aromatic carbocycles. The molecule has 5 nitrogen and oxygen atoms in total. The molecule has 0 aliphatic heterocycles. The van der Waals surface area contributed by atoms with Gasteiger partial charge in [0.15, 0.2) is 5.69 Å². The first-order valence-electron chi connectivity index (χ1n) is 3.27. The molecular weight excluding hydrogens is 288 g/mol. The summed E-state index contributed by atoms with van der Waals surface area (Å²) in [7, 11) is -1.62. The fourth-order valence-electron chi connectivity index (χ4n) is 0.751. The fraction of sp³-hybridized carbons (Fsp3) is 0. The van der Waals surface area contributed by atoms with Crippen molar-refractivity contribution in [2.24, 2.45) is 0 Å². The van der Waals surface area contributed by atoms with Crippen LogP contribution in [0.5, 0.6) is 0 Å². The summed E-state index contributed by atoms with van der Waals surface area (Å²) in [6, 6.07) is 1.36. The highest BCUT2D eigenvalue weighted by atomic mass is 127. The van der Waals surface area contributed by atoms with E-state index in [9.17, 15) is 4.79 Å². The van der Waals surface area contributed by atoms with E-state index in [0.29, 0.717) is 3.57 Å². The molecule has 0 aliphatic carbocycles. The van der Waals surface area contributed by atoms with Crippen LogP contribution in [0.4, 0.5) is 0 Å². The molecule has 68 valence electrons. The topological polar surface area (TPSA) is 90.7 Å². The second-order valence-electron chi connectivity index (χ2n) is 2.28. The van der Waals surface area contributed by atoms with Gasteiger partial charge in [-0.2, -0.15) is 0 Å². The van der Waals surface area contributed by atoms with Gasteiger partial charge in [0.2, 0.25) is 0 Å². The van der Waals surface area contributed by atoms with E-state index >= 15 is 0 Å². The lowest BCUT2D eigenvalue weighted by Crippen LogP contribution is -2.31. The molecular formula is C6H5BINO4. The van der Waals surface area contributed by atoms with Crippen LogP contribution in [0.25, 0.3) is 0 Å². The van der Waals surface area contributed by atoms with E-state index in [2.05, 4.69) is 4.98 Å². The predicted molar refractivity (Wildman–Crippen MR) is 53.7 cm³/mol. The summed E-state index contributed by atoms with van der Waals surface area (Å²) >= 11 is 1.77. The lowest BCUT2D eigenvalue weighted by atomic mass is 9.82. The molecule has 0 unspecified atom stereocenters. The predicted octanol–water partition coefficient (Wildman–Crippen LogP) is -0.936. The molecule has 1 rings (SSSR count). The van der Waals surface area contributed by atoms with Crippen LogP contribution < -0.4 is 5.46 Å². The SMILES string of the molecule is O=C(O)c1ncc(B(O)O)cc1I. The van der Waals surface area contributed by atoms with Gasteiger partial charge in [0, 0.05) is 15.2 Å². The van der Waals surface area contributed by atoms with Crippen molar-refractivity contribution in [2.75, 3.05) is 0 Å². The summed E-state index contributed by atoms with van der Waals surface area (Å²) < 4.78 is 0.371. The molecule has 0 fully saturated rings. The standard InChI is InChI=1S/C6H5BINO4/c8-4-1-3(7(12)13)2-9-5(4)6(10)11/h1-2,12-13H,(H,10,11). The minimum atomic E-state index is -1.62. The summed E-state index contributed by atoms with van der Waals surface area (Å²) in [4.78, 5) is 14.1. The Morgan fingerprint density at radius 3 is 2.54 bits per heavy atom. The highest BCUT2D eigenvalue weighted by molar-refractivity contribution is 14.1. The minimum Gasteiger partial charge on any atom is -0.476 e. The van der Waals surface area contributed by atoms with E-state index in [1.165, 1.54) is 6.07 Å². The Hall–Kier alpha value is -0.665. The number of carboxylic acid groups (broad SMARTS) is 1. The van der Waals surface area contributed by atoms with E-state index in [0.717, 1.165) is 6.20 Å². The molecule has 0 atom stereocenters. The van der Waals surface area contributed by atoms with E-state index in [4.69, 9.17) is 15.2 Å². The lowest BCUT2D eigenvalue weighted by molar-refractivity contribution is 0.0689. The zero-order valence-electron chi connectivity index (χ0n) is 6.31. The number of halogens is 1. The summed E-state index contributed by atoms with van der Waals surface area (Å²) in [6.45, 7) is 0. The van der Waals surface area contributed by atoms with Crippen LogP contribution in [0, 0.1) is 3.57 Å². The smallest absolute Gasteiger partial charge is 0.476 e. The van der Waals surface area contributed by atoms with Crippen molar-refractivity contribution in [3.8, 4) is 0 Å². The third-order valence-electron chi connectivity index (χ3n) is 1.36. The molecule has 0 bridgehead atoms. The van der Waals surface area contributed by atoms with Gasteiger partial charge in [0.1, 0.15) is 0 Å². The molecule has 0 amide bonds. The number of pyridine rings is 1. The number of carbonyl (C=O) groups is 1. The van der Waals surface area contributed by atoms with Crippen LogP contribution in [-0.4, -0.2) is 33.2 Å². The van der Waals surface area contributed by atoms with Crippen molar-refractivity contribution in [2.45, 2.75) is 0 Å². The zero-order valence-corrected chi connectivity index (χ0v) is 8.46. The Kier molecular flexibility index (Phi) is 3.23. The molecule has 0 saturated heterocycles. The molecule has 1 aromatic rings. The maximum atomic E-state index is 10.5. The highest BCUT2D eigenvalue weighted by Crippen LogP contribution is 2.07. The van der Waals surface area contributed by atoms with Gasteiger partial charge in [-0.15, -0.1) is 0 Å². The first-order chi connectivity index (χ1) is 6.02. The largest absolute Gasteiger partial charge is 0.490 e. The van der Waals surface area contributed by atoms with Crippen LogP contribution in [0.3, 0.4) is 0 Å². The summed E-state index contributed by atoms with van der Waals surface area (Å²) in [5.74, 6) is -1.14. The molecule has 13 heavy (non-hydrogen) atoms. The minimum absolute atomic E-state index is 0.0926. The Morgan fingerprint density at radius 2 is 2.15 bits per heavy atom. The Morgan fingerprint density at radius 1 is 1.54 bits per heavy atom. The van der Waals surface area contributed by atoms with Crippen LogP contribution in [0.1, 0.15) is 10.5 Å². The molecule has 0 spiro atoms. The average molecular weight is 293 g/mol. The van der Waals surface area contributed by atoms with Crippen LogP contribution in [-0.2, 0) is 0 Å². The number of aromatic carboxylic acids is 1. The second kappa shape index (κ2) is 4.03. The average Bonchev–Trinajstić information content (AvgIpc) is 2.03. The van der Waals surface area contributed by atoms with Crippen LogP contribution >= 0.6 is 22.6 Å². The van der Waals surface area contributed by atoms with Crippen LogP contribution in [0.2, 0.25) is 0 Å². The van der Waals surface area contributed by atoms with E-state index in [1.807, 2.05) is 0 Å². The summed E-state index contributed by atoms with van der Waals surface area (Å²) in [6.07, 6.45) is 1.12. The van der Waals surface area contributed by atoms with Gasteiger partial charge in [-0.25, -0.2) is 9.78 Å². The fourth-order valence-corrected chi connectivity index (χ4v) is 1.48. The summed E-state index contributed by atoms with van der Waals surface area (Å²) in [5, 5.41) is 26.1. The quantitative estimate of drug-likeness (QED) is 0.484. The number of hydrogen-bond acceptors (Lipinski definition) is 4. The zero-order chi connectivity index (χ0) is 10.0. The number of aromatic nitrogens is 1. The third-order valence-corrected chi connectivity index (χ3v) is 2.19. The molecule has 0 radical (unpaired) electrons. The Balaban J connectivity index is 3.13. The monoisotopic (exact) mass is 293 g/mol. The van der Waals surface area contributed by atoms with Crippen molar-refractivity contribution in [3.63, 3.8) is 0 Å². The van der Waals surface area contributed by atoms with Crippen molar-refractivity contribution in [1.82, 2.24) is 4.98 Å². The van der Waals surface area contributed by atoms with Gasteiger partial charge in [0.05, 0.1) is 0 Å². The van der Waals surface area contributed by atoms with E-state index in [-0.39, 0.29) is 11.2 Å². The van der Waals surface area contributed by atoms with Gasteiger partial charge in [-0.1, -0.05) is 0 Å². The van der Waals surface area contributed by atoms with Gasteiger partial charge >= 0.3 is 13.1 Å². The molecule has 7 heteroatoms. The number of nitrogens with zero attached hydrogens (tertiary/aromatic N) is 1. The summed E-state index contributed by atoms with van der Waals surface area (Å²) in [5.41, 5.74) is 0.0828. The van der Waals surface area contributed by atoms with Crippen LogP contribution in [0.15, 0.2) is 12.3 Å². The van der Waals surface area contributed by atoms with Gasteiger partial charge < -0.3 is 15.2 Å². The number of hydrogen-bond donors (Lipinski definition) is 3. The van der Waals surface area contributed by atoms with Gasteiger partial charge in [-0.3, -0.25) is 0 Å². The molecule has 1 heterocycles.